The second-order valence-corrected chi connectivity index (χ2v) is 8.38. The molecule has 2 heteroatoms. The molecule has 0 amide bonds. The summed E-state index contributed by atoms with van der Waals surface area (Å²) in [5.74, 6) is 0. The highest BCUT2D eigenvalue weighted by Gasteiger charge is 2.39. The van der Waals surface area contributed by atoms with E-state index in [1.54, 1.807) is 5.19 Å². The Kier molecular flexibility index (Phi) is 2.50. The molecule has 0 unspecified atom stereocenters. The van der Waals surface area contributed by atoms with E-state index in [0.717, 1.165) is 6.61 Å². The predicted octanol–water partition coefficient (Wildman–Crippen LogP) is 2.72. The summed E-state index contributed by atoms with van der Waals surface area (Å²) in [6, 6.07) is 9.20. The second-order valence-electron chi connectivity index (χ2n) is 4.15. The first-order valence-electron chi connectivity index (χ1n) is 5.46. The van der Waals surface area contributed by atoms with Crippen LogP contribution in [0.3, 0.4) is 0 Å². The fourth-order valence-electron chi connectivity index (χ4n) is 2.37. The molecule has 0 atom stereocenters. The largest absolute Gasteiger partial charge is 0.408 e. The van der Waals surface area contributed by atoms with Crippen molar-refractivity contribution in [3.63, 3.8) is 0 Å². The van der Waals surface area contributed by atoms with Crippen LogP contribution in [0.25, 0.3) is 0 Å². The van der Waals surface area contributed by atoms with E-state index >= 15 is 0 Å². The van der Waals surface area contributed by atoms with Crippen molar-refractivity contribution in [3.8, 4) is 0 Å². The fourth-order valence-corrected chi connectivity index (χ4v) is 5.86. The van der Waals surface area contributed by atoms with Crippen LogP contribution in [-0.2, 0) is 11.0 Å². The maximum Gasteiger partial charge on any atom is 0.224 e. The van der Waals surface area contributed by atoms with E-state index in [0.29, 0.717) is 0 Å². The minimum atomic E-state index is -1.53. The predicted molar refractivity (Wildman–Crippen MR) is 62.3 cm³/mol. The Hall–Kier alpha value is -0.603. The molecule has 1 aliphatic heterocycles. The van der Waals surface area contributed by atoms with E-state index in [9.17, 15) is 0 Å². The van der Waals surface area contributed by atoms with Crippen molar-refractivity contribution < 1.29 is 4.43 Å². The van der Waals surface area contributed by atoms with Gasteiger partial charge in [0, 0.05) is 0 Å². The lowest BCUT2D eigenvalue weighted by molar-refractivity contribution is 0.312. The molecule has 0 N–H and O–H groups in total. The SMILES string of the molecule is CC[Si]1(CC)OCc2ccc(C)cc21. The van der Waals surface area contributed by atoms with Crippen LogP contribution >= 0.6 is 0 Å². The molecular formula is C12H18OSi. The van der Waals surface area contributed by atoms with Gasteiger partial charge < -0.3 is 4.43 Å². The van der Waals surface area contributed by atoms with E-state index < -0.39 is 8.32 Å². The molecule has 1 heterocycles. The Bertz CT molecular complexity index is 342. The van der Waals surface area contributed by atoms with Gasteiger partial charge in [-0.1, -0.05) is 37.6 Å². The summed E-state index contributed by atoms with van der Waals surface area (Å²) in [5.41, 5.74) is 2.80. The molecule has 0 saturated carbocycles. The fraction of sp³-hybridized carbons (Fsp3) is 0.500. The van der Waals surface area contributed by atoms with Gasteiger partial charge in [-0.05, 0) is 29.8 Å². The zero-order chi connectivity index (χ0) is 10.2. The summed E-state index contributed by atoms with van der Waals surface area (Å²) in [4.78, 5) is 0. The van der Waals surface area contributed by atoms with Crippen LogP contribution in [0.5, 0.6) is 0 Å². The quantitative estimate of drug-likeness (QED) is 0.676. The summed E-state index contributed by atoms with van der Waals surface area (Å²) in [7, 11) is -1.53. The maximum absolute atomic E-state index is 6.10. The topological polar surface area (TPSA) is 9.23 Å². The van der Waals surface area contributed by atoms with Crippen LogP contribution in [0.1, 0.15) is 25.0 Å². The van der Waals surface area contributed by atoms with E-state index in [-0.39, 0.29) is 0 Å². The van der Waals surface area contributed by atoms with Gasteiger partial charge in [0.1, 0.15) is 0 Å². The average Bonchev–Trinajstić information content (AvgIpc) is 2.57. The number of rotatable bonds is 2. The van der Waals surface area contributed by atoms with Crippen LogP contribution in [0.15, 0.2) is 18.2 Å². The molecule has 0 aliphatic carbocycles. The highest BCUT2D eigenvalue weighted by molar-refractivity contribution is 6.87. The number of aryl methyl sites for hydroxylation is 1. The molecule has 1 aliphatic rings. The molecule has 1 nitrogen and oxygen atoms in total. The lowest BCUT2D eigenvalue weighted by atomic mass is 10.2. The minimum absolute atomic E-state index is 0.851. The average molecular weight is 206 g/mol. The summed E-state index contributed by atoms with van der Waals surface area (Å²) in [6.07, 6.45) is 0. The minimum Gasteiger partial charge on any atom is -0.408 e. The van der Waals surface area contributed by atoms with Crippen molar-refractivity contribution in [3.05, 3.63) is 29.3 Å². The van der Waals surface area contributed by atoms with Gasteiger partial charge in [-0.3, -0.25) is 0 Å². The smallest absolute Gasteiger partial charge is 0.224 e. The highest BCUT2D eigenvalue weighted by atomic mass is 28.4. The van der Waals surface area contributed by atoms with E-state index in [1.807, 2.05) is 0 Å². The van der Waals surface area contributed by atoms with Gasteiger partial charge in [-0.15, -0.1) is 0 Å². The van der Waals surface area contributed by atoms with Crippen molar-refractivity contribution in [2.75, 3.05) is 0 Å². The zero-order valence-electron chi connectivity index (χ0n) is 9.26. The van der Waals surface area contributed by atoms with Crippen molar-refractivity contribution in [1.82, 2.24) is 0 Å². The van der Waals surface area contributed by atoms with E-state index in [2.05, 4.69) is 39.0 Å². The van der Waals surface area contributed by atoms with Crippen molar-refractivity contribution in [2.45, 2.75) is 39.5 Å². The molecule has 0 spiro atoms. The number of hydrogen-bond acceptors (Lipinski definition) is 1. The van der Waals surface area contributed by atoms with Gasteiger partial charge in [-0.2, -0.15) is 0 Å². The Balaban J connectivity index is 2.51. The lowest BCUT2D eigenvalue weighted by Gasteiger charge is -2.23. The summed E-state index contributed by atoms with van der Waals surface area (Å²) >= 11 is 0. The molecule has 0 bridgehead atoms. The first-order valence-corrected chi connectivity index (χ1v) is 7.78. The Morgan fingerprint density at radius 3 is 2.64 bits per heavy atom. The molecule has 14 heavy (non-hydrogen) atoms. The third-order valence-electron chi connectivity index (χ3n) is 3.40. The molecule has 1 aromatic carbocycles. The zero-order valence-corrected chi connectivity index (χ0v) is 10.3. The van der Waals surface area contributed by atoms with Gasteiger partial charge in [0.15, 0.2) is 0 Å². The molecule has 0 saturated heterocycles. The summed E-state index contributed by atoms with van der Waals surface area (Å²) in [5, 5.41) is 1.56. The van der Waals surface area contributed by atoms with Crippen LogP contribution < -0.4 is 5.19 Å². The molecule has 0 fully saturated rings. The number of benzene rings is 1. The Morgan fingerprint density at radius 1 is 1.29 bits per heavy atom. The second kappa shape index (κ2) is 3.52. The molecule has 0 radical (unpaired) electrons. The standard InChI is InChI=1S/C12H18OSi/c1-4-14(5-2)12-8-10(3)6-7-11(12)9-13-14/h6-8H,4-5,9H2,1-3H3. The lowest BCUT2D eigenvalue weighted by Crippen LogP contribution is -2.45. The third kappa shape index (κ3) is 1.33. The molecule has 1 aromatic rings. The molecule has 0 aromatic heterocycles. The first-order chi connectivity index (χ1) is 6.72. The van der Waals surface area contributed by atoms with Crippen LogP contribution in [-0.4, -0.2) is 8.32 Å². The van der Waals surface area contributed by atoms with Gasteiger partial charge in [0.25, 0.3) is 0 Å². The van der Waals surface area contributed by atoms with E-state index in [1.165, 1.54) is 23.2 Å². The molecule has 76 valence electrons. The van der Waals surface area contributed by atoms with Crippen LogP contribution in [0, 0.1) is 6.92 Å². The van der Waals surface area contributed by atoms with Gasteiger partial charge >= 0.3 is 0 Å². The number of fused-ring (bicyclic) bond motifs is 1. The van der Waals surface area contributed by atoms with Crippen molar-refractivity contribution >= 4 is 13.5 Å². The Morgan fingerprint density at radius 2 is 2.00 bits per heavy atom. The van der Waals surface area contributed by atoms with Gasteiger partial charge in [0.2, 0.25) is 8.32 Å². The monoisotopic (exact) mass is 206 g/mol. The summed E-state index contributed by atoms with van der Waals surface area (Å²) in [6.45, 7) is 7.56. The van der Waals surface area contributed by atoms with Crippen LogP contribution in [0.2, 0.25) is 12.1 Å². The maximum atomic E-state index is 6.10. The normalized spacial score (nSPS) is 18.2. The van der Waals surface area contributed by atoms with Crippen molar-refractivity contribution in [2.24, 2.45) is 0 Å². The van der Waals surface area contributed by atoms with Gasteiger partial charge in [0.05, 0.1) is 6.61 Å². The number of hydrogen-bond donors (Lipinski definition) is 0. The molecule has 2 rings (SSSR count). The van der Waals surface area contributed by atoms with Crippen LogP contribution in [0.4, 0.5) is 0 Å². The molecular weight excluding hydrogens is 188 g/mol. The Labute approximate surface area is 87.2 Å². The van der Waals surface area contributed by atoms with Gasteiger partial charge in [-0.25, -0.2) is 0 Å². The first kappa shape index (κ1) is 9.93. The van der Waals surface area contributed by atoms with E-state index in [4.69, 9.17) is 4.43 Å². The van der Waals surface area contributed by atoms with Crippen molar-refractivity contribution in [1.29, 1.82) is 0 Å². The highest BCUT2D eigenvalue weighted by Crippen LogP contribution is 2.26. The summed E-state index contributed by atoms with van der Waals surface area (Å²) < 4.78 is 6.10. The third-order valence-corrected chi connectivity index (χ3v) is 7.83.